The highest BCUT2D eigenvalue weighted by Crippen LogP contribution is 2.38. The van der Waals surface area contributed by atoms with Gasteiger partial charge in [0.05, 0.1) is 11.4 Å². The Morgan fingerprint density at radius 2 is 1.69 bits per heavy atom. The molecule has 0 heterocycles. The summed E-state index contributed by atoms with van der Waals surface area (Å²) in [6.45, 7) is 0. The monoisotopic (exact) mass is 240 g/mol. The van der Waals surface area contributed by atoms with Crippen molar-refractivity contribution in [3.8, 4) is 0 Å². The molecule has 0 atom stereocenters. The number of sulfone groups is 1. The van der Waals surface area contributed by atoms with E-state index in [2.05, 4.69) is 0 Å². The molecule has 0 aromatic heterocycles. The van der Waals surface area contributed by atoms with Crippen molar-refractivity contribution >= 4 is 9.84 Å². The van der Waals surface area contributed by atoms with Gasteiger partial charge in [0.25, 0.3) is 0 Å². The zero-order valence-corrected chi connectivity index (χ0v) is 10.1. The molecule has 0 unspecified atom stereocenters. The van der Waals surface area contributed by atoms with E-state index >= 15 is 0 Å². The maximum Gasteiger partial charge on any atom is 0.151 e. The molecule has 2 rings (SSSR count). The van der Waals surface area contributed by atoms with Crippen LogP contribution in [0.15, 0.2) is 24.3 Å². The molecule has 3 nitrogen and oxygen atoms in total. The standard InChI is InChI=1S/C12H16O3S/c1-16(14,15)9-11-4-2-10(3-5-11)8-12(13)6-7-12/h2-5,13H,6-9H2,1H3. The largest absolute Gasteiger partial charge is 0.390 e. The summed E-state index contributed by atoms with van der Waals surface area (Å²) in [7, 11) is -2.96. The second-order valence-electron chi connectivity index (χ2n) is 4.79. The summed E-state index contributed by atoms with van der Waals surface area (Å²) in [6.07, 6.45) is 3.65. The van der Waals surface area contributed by atoms with Crippen molar-refractivity contribution in [1.29, 1.82) is 0 Å². The van der Waals surface area contributed by atoms with E-state index in [1.165, 1.54) is 6.26 Å². The van der Waals surface area contributed by atoms with Crippen molar-refractivity contribution in [2.45, 2.75) is 30.6 Å². The summed E-state index contributed by atoms with van der Waals surface area (Å²) in [5, 5.41) is 9.74. The minimum Gasteiger partial charge on any atom is -0.390 e. The molecular formula is C12H16O3S. The maximum atomic E-state index is 11.1. The number of hydrogen-bond donors (Lipinski definition) is 1. The van der Waals surface area contributed by atoms with E-state index in [4.69, 9.17) is 0 Å². The van der Waals surface area contributed by atoms with Gasteiger partial charge in [0.2, 0.25) is 0 Å². The van der Waals surface area contributed by atoms with Crippen LogP contribution in [0.5, 0.6) is 0 Å². The first-order chi connectivity index (χ1) is 7.36. The molecule has 1 aromatic carbocycles. The summed E-state index contributed by atoms with van der Waals surface area (Å²) in [5.74, 6) is 0.0809. The lowest BCUT2D eigenvalue weighted by atomic mass is 10.1. The number of hydrogen-bond acceptors (Lipinski definition) is 3. The molecule has 1 aliphatic carbocycles. The molecule has 1 aromatic rings. The highest BCUT2D eigenvalue weighted by molar-refractivity contribution is 7.89. The molecule has 1 aliphatic rings. The number of rotatable bonds is 4. The molecule has 1 fully saturated rings. The normalized spacial score (nSPS) is 18.4. The van der Waals surface area contributed by atoms with E-state index in [0.717, 1.165) is 24.0 Å². The van der Waals surface area contributed by atoms with Crippen LogP contribution in [0.3, 0.4) is 0 Å². The Kier molecular flexibility index (Phi) is 2.80. The Morgan fingerprint density at radius 3 is 2.12 bits per heavy atom. The maximum absolute atomic E-state index is 11.1. The average molecular weight is 240 g/mol. The van der Waals surface area contributed by atoms with Crippen LogP contribution in [-0.2, 0) is 22.0 Å². The second kappa shape index (κ2) is 3.86. The van der Waals surface area contributed by atoms with Crippen LogP contribution >= 0.6 is 0 Å². The lowest BCUT2D eigenvalue weighted by Gasteiger charge is -2.08. The Labute approximate surface area is 96.0 Å². The van der Waals surface area contributed by atoms with E-state index in [0.29, 0.717) is 6.42 Å². The summed E-state index contributed by atoms with van der Waals surface area (Å²) in [5.41, 5.74) is 1.38. The van der Waals surface area contributed by atoms with Gasteiger partial charge in [0.1, 0.15) is 0 Å². The first-order valence-corrected chi connectivity index (χ1v) is 7.40. The van der Waals surface area contributed by atoms with Gasteiger partial charge < -0.3 is 5.11 Å². The third-order valence-corrected chi connectivity index (χ3v) is 3.67. The van der Waals surface area contributed by atoms with Crippen LogP contribution < -0.4 is 0 Å². The Bertz CT molecular complexity index is 469. The molecule has 0 radical (unpaired) electrons. The van der Waals surface area contributed by atoms with Gasteiger partial charge in [0, 0.05) is 12.7 Å². The van der Waals surface area contributed by atoms with Crippen molar-refractivity contribution in [1.82, 2.24) is 0 Å². The second-order valence-corrected chi connectivity index (χ2v) is 6.93. The molecule has 1 N–H and O–H groups in total. The highest BCUT2D eigenvalue weighted by Gasteiger charge is 2.39. The smallest absolute Gasteiger partial charge is 0.151 e. The lowest BCUT2D eigenvalue weighted by molar-refractivity contribution is 0.151. The molecule has 0 spiro atoms. The molecule has 0 amide bonds. The first-order valence-electron chi connectivity index (χ1n) is 5.34. The van der Waals surface area contributed by atoms with E-state index in [9.17, 15) is 13.5 Å². The molecular weight excluding hydrogens is 224 g/mol. The number of aliphatic hydroxyl groups is 1. The Balaban J connectivity index is 2.04. The highest BCUT2D eigenvalue weighted by atomic mass is 32.2. The van der Waals surface area contributed by atoms with E-state index in [-0.39, 0.29) is 5.75 Å². The molecule has 16 heavy (non-hydrogen) atoms. The first kappa shape index (κ1) is 11.6. The van der Waals surface area contributed by atoms with Gasteiger partial charge in [-0.15, -0.1) is 0 Å². The molecule has 0 aliphatic heterocycles. The SMILES string of the molecule is CS(=O)(=O)Cc1ccc(CC2(O)CC2)cc1. The van der Waals surface area contributed by atoms with Gasteiger partial charge in [-0.05, 0) is 24.0 Å². The molecule has 4 heteroatoms. The van der Waals surface area contributed by atoms with Gasteiger partial charge in [0.15, 0.2) is 9.84 Å². The van der Waals surface area contributed by atoms with Gasteiger partial charge in [-0.2, -0.15) is 0 Å². The third kappa shape index (κ3) is 3.32. The molecule has 0 bridgehead atoms. The predicted octanol–water partition coefficient (Wildman–Crippen LogP) is 1.30. The van der Waals surface area contributed by atoms with E-state index in [1.807, 2.05) is 24.3 Å². The predicted molar refractivity (Wildman–Crippen MR) is 62.9 cm³/mol. The zero-order chi connectivity index (χ0) is 11.8. The van der Waals surface area contributed by atoms with Crippen molar-refractivity contribution < 1.29 is 13.5 Å². The van der Waals surface area contributed by atoms with Gasteiger partial charge in [-0.25, -0.2) is 8.42 Å². The fourth-order valence-electron chi connectivity index (χ4n) is 1.76. The molecule has 0 saturated heterocycles. The lowest BCUT2D eigenvalue weighted by Crippen LogP contribution is -2.10. The van der Waals surface area contributed by atoms with E-state index < -0.39 is 15.4 Å². The fourth-order valence-corrected chi connectivity index (χ4v) is 2.56. The minimum absolute atomic E-state index is 0.0809. The van der Waals surface area contributed by atoms with Crippen molar-refractivity contribution in [3.63, 3.8) is 0 Å². The topological polar surface area (TPSA) is 54.4 Å². The average Bonchev–Trinajstić information content (AvgIpc) is 2.85. The summed E-state index contributed by atoms with van der Waals surface area (Å²) >= 11 is 0. The third-order valence-electron chi connectivity index (χ3n) is 2.81. The van der Waals surface area contributed by atoms with Crippen molar-refractivity contribution in [2.75, 3.05) is 6.26 Å². The minimum atomic E-state index is -2.96. The van der Waals surface area contributed by atoms with Crippen molar-refractivity contribution in [2.24, 2.45) is 0 Å². The zero-order valence-electron chi connectivity index (χ0n) is 9.31. The summed E-state index contributed by atoms with van der Waals surface area (Å²) in [6, 6.07) is 7.44. The van der Waals surface area contributed by atoms with Gasteiger partial charge in [-0.1, -0.05) is 24.3 Å². The van der Waals surface area contributed by atoms with Crippen LogP contribution in [0, 0.1) is 0 Å². The Hall–Kier alpha value is -0.870. The van der Waals surface area contributed by atoms with Gasteiger partial charge in [-0.3, -0.25) is 0 Å². The molecule has 1 saturated carbocycles. The quantitative estimate of drug-likeness (QED) is 0.863. The van der Waals surface area contributed by atoms with Crippen LogP contribution in [0.2, 0.25) is 0 Å². The van der Waals surface area contributed by atoms with Crippen LogP contribution in [0.25, 0.3) is 0 Å². The summed E-state index contributed by atoms with van der Waals surface area (Å²) < 4.78 is 22.2. The van der Waals surface area contributed by atoms with Crippen molar-refractivity contribution in [3.05, 3.63) is 35.4 Å². The van der Waals surface area contributed by atoms with Crippen LogP contribution in [0.4, 0.5) is 0 Å². The fraction of sp³-hybridized carbons (Fsp3) is 0.500. The summed E-state index contributed by atoms with van der Waals surface area (Å²) in [4.78, 5) is 0. The Morgan fingerprint density at radius 1 is 1.19 bits per heavy atom. The molecule has 88 valence electrons. The van der Waals surface area contributed by atoms with Crippen LogP contribution in [-0.4, -0.2) is 25.4 Å². The van der Waals surface area contributed by atoms with Crippen LogP contribution in [0.1, 0.15) is 24.0 Å². The van der Waals surface area contributed by atoms with Gasteiger partial charge >= 0.3 is 0 Å². The number of benzene rings is 1. The van der Waals surface area contributed by atoms with E-state index in [1.54, 1.807) is 0 Å².